The molecule has 0 amide bonds. The van der Waals surface area contributed by atoms with E-state index >= 15 is 0 Å². The molecular weight excluding hydrogens is 346 g/mol. The van der Waals surface area contributed by atoms with Gasteiger partial charge in [0.1, 0.15) is 12.4 Å². The molecule has 0 bridgehead atoms. The average molecular weight is 366 g/mol. The molecule has 1 atom stereocenters. The number of aromatic nitrogens is 3. The molecule has 5 rings (SSSR count). The highest BCUT2D eigenvalue weighted by molar-refractivity contribution is 6.31. The number of hydrogen-bond acceptors (Lipinski definition) is 3. The SMILES string of the molecule is Cc1nnc2n1-c1ccc(Cl)c(C3CCCc4ccccc43)c1COC2. The van der Waals surface area contributed by atoms with E-state index < -0.39 is 0 Å². The van der Waals surface area contributed by atoms with Gasteiger partial charge in [-0.3, -0.25) is 4.57 Å². The van der Waals surface area contributed by atoms with Crippen LogP contribution in [-0.2, 0) is 24.4 Å². The van der Waals surface area contributed by atoms with Crippen molar-refractivity contribution < 1.29 is 4.74 Å². The van der Waals surface area contributed by atoms with Crippen LogP contribution >= 0.6 is 11.6 Å². The second-order valence-corrected chi connectivity index (χ2v) is 7.50. The summed E-state index contributed by atoms with van der Waals surface area (Å²) in [5, 5.41) is 9.33. The van der Waals surface area contributed by atoms with Crippen LogP contribution in [0.3, 0.4) is 0 Å². The van der Waals surface area contributed by atoms with Crippen molar-refractivity contribution in [3.63, 3.8) is 0 Å². The molecule has 2 aromatic carbocycles. The molecule has 2 heterocycles. The molecule has 0 fully saturated rings. The van der Waals surface area contributed by atoms with Crippen LogP contribution in [0.15, 0.2) is 36.4 Å². The fourth-order valence-electron chi connectivity index (χ4n) is 4.47. The summed E-state index contributed by atoms with van der Waals surface area (Å²) in [6.07, 6.45) is 3.44. The van der Waals surface area contributed by atoms with Crippen molar-refractivity contribution in [3.8, 4) is 5.69 Å². The lowest BCUT2D eigenvalue weighted by Gasteiger charge is -2.29. The second kappa shape index (κ2) is 6.22. The van der Waals surface area contributed by atoms with Gasteiger partial charge in [0, 0.05) is 16.5 Å². The first-order chi connectivity index (χ1) is 12.7. The lowest BCUT2D eigenvalue weighted by Crippen LogP contribution is -2.15. The molecule has 0 radical (unpaired) electrons. The summed E-state index contributed by atoms with van der Waals surface area (Å²) >= 11 is 6.76. The topological polar surface area (TPSA) is 39.9 Å². The molecule has 1 aromatic heterocycles. The van der Waals surface area contributed by atoms with Gasteiger partial charge in [-0.1, -0.05) is 35.9 Å². The summed E-state index contributed by atoms with van der Waals surface area (Å²) in [5.41, 5.74) is 6.31. The van der Waals surface area contributed by atoms with Crippen LogP contribution < -0.4 is 0 Å². The predicted octanol–water partition coefficient (Wildman–Crippen LogP) is 4.73. The van der Waals surface area contributed by atoms with Gasteiger partial charge in [0.05, 0.1) is 12.3 Å². The Morgan fingerprint density at radius 2 is 2.00 bits per heavy atom. The molecule has 1 aliphatic heterocycles. The first-order valence-corrected chi connectivity index (χ1v) is 9.50. The first kappa shape index (κ1) is 16.0. The third-order valence-electron chi connectivity index (χ3n) is 5.61. The molecule has 0 N–H and O–H groups in total. The fraction of sp³-hybridized carbons (Fsp3) is 0.333. The van der Waals surface area contributed by atoms with E-state index in [0.29, 0.717) is 19.1 Å². The Hall–Kier alpha value is -2.17. The van der Waals surface area contributed by atoms with Gasteiger partial charge in [-0.2, -0.15) is 0 Å². The minimum absolute atomic E-state index is 0.310. The Labute approximate surface area is 157 Å². The lowest BCUT2D eigenvalue weighted by atomic mass is 9.77. The van der Waals surface area contributed by atoms with Crippen molar-refractivity contribution in [1.29, 1.82) is 0 Å². The Kier molecular flexibility index (Phi) is 3.84. The van der Waals surface area contributed by atoms with Gasteiger partial charge in [-0.05, 0) is 55.0 Å². The third-order valence-corrected chi connectivity index (χ3v) is 5.94. The molecule has 1 unspecified atom stereocenters. The van der Waals surface area contributed by atoms with Gasteiger partial charge in [0.15, 0.2) is 5.82 Å². The summed E-state index contributed by atoms with van der Waals surface area (Å²) in [7, 11) is 0. The van der Waals surface area contributed by atoms with Crippen LogP contribution in [0, 0.1) is 6.92 Å². The quantitative estimate of drug-likeness (QED) is 0.626. The number of halogens is 1. The molecule has 2 aliphatic rings. The average Bonchev–Trinajstić information content (AvgIpc) is 2.92. The van der Waals surface area contributed by atoms with Gasteiger partial charge in [0.25, 0.3) is 0 Å². The number of benzene rings is 2. The standard InChI is InChI=1S/C21H20ClN3O/c1-13-23-24-20-12-26-11-17-19(25(13)20)10-9-18(22)21(17)16-8-4-6-14-5-2-3-7-15(14)16/h2-3,5,7,9-10,16H,4,6,8,11-12H2,1H3. The Balaban J connectivity index is 1.75. The van der Waals surface area contributed by atoms with Crippen LogP contribution in [0.1, 0.15) is 52.7 Å². The first-order valence-electron chi connectivity index (χ1n) is 9.12. The van der Waals surface area contributed by atoms with E-state index in [1.54, 1.807) is 0 Å². The van der Waals surface area contributed by atoms with Crippen molar-refractivity contribution in [2.24, 2.45) is 0 Å². The van der Waals surface area contributed by atoms with E-state index in [2.05, 4.69) is 45.1 Å². The predicted molar refractivity (Wildman–Crippen MR) is 101 cm³/mol. The smallest absolute Gasteiger partial charge is 0.163 e. The van der Waals surface area contributed by atoms with Crippen LogP contribution in [0.4, 0.5) is 0 Å². The number of ether oxygens (including phenoxy) is 1. The normalized spacial score (nSPS) is 18.6. The van der Waals surface area contributed by atoms with E-state index in [1.165, 1.54) is 28.7 Å². The molecule has 5 heteroatoms. The van der Waals surface area contributed by atoms with Gasteiger partial charge in [-0.25, -0.2) is 0 Å². The zero-order valence-electron chi connectivity index (χ0n) is 14.7. The van der Waals surface area contributed by atoms with Gasteiger partial charge in [-0.15, -0.1) is 10.2 Å². The van der Waals surface area contributed by atoms with Crippen LogP contribution in [0.5, 0.6) is 0 Å². The summed E-state index contributed by atoms with van der Waals surface area (Å²) in [6, 6.07) is 12.8. The number of hydrogen-bond donors (Lipinski definition) is 0. The monoisotopic (exact) mass is 365 g/mol. The highest BCUT2D eigenvalue weighted by Gasteiger charge is 2.29. The summed E-state index contributed by atoms with van der Waals surface area (Å²) in [5.74, 6) is 2.03. The van der Waals surface area contributed by atoms with E-state index in [1.807, 2.05) is 13.0 Å². The summed E-state index contributed by atoms with van der Waals surface area (Å²) < 4.78 is 8.06. The molecule has 4 nitrogen and oxygen atoms in total. The maximum absolute atomic E-state index is 6.76. The largest absolute Gasteiger partial charge is 0.369 e. The maximum atomic E-state index is 6.76. The fourth-order valence-corrected chi connectivity index (χ4v) is 4.78. The van der Waals surface area contributed by atoms with E-state index in [4.69, 9.17) is 16.3 Å². The highest BCUT2D eigenvalue weighted by Crippen LogP contribution is 2.43. The maximum Gasteiger partial charge on any atom is 0.163 e. The molecule has 3 aromatic rings. The number of rotatable bonds is 1. The number of nitrogens with zero attached hydrogens (tertiary/aromatic N) is 3. The third kappa shape index (κ3) is 2.40. The lowest BCUT2D eigenvalue weighted by molar-refractivity contribution is 0.104. The molecule has 26 heavy (non-hydrogen) atoms. The molecule has 132 valence electrons. The van der Waals surface area contributed by atoms with E-state index in [0.717, 1.165) is 35.2 Å². The van der Waals surface area contributed by atoms with Crippen LogP contribution in [-0.4, -0.2) is 14.8 Å². The molecular formula is C21H20ClN3O. The van der Waals surface area contributed by atoms with Gasteiger partial charge >= 0.3 is 0 Å². The van der Waals surface area contributed by atoms with Crippen molar-refractivity contribution in [1.82, 2.24) is 14.8 Å². The summed E-state index contributed by atoms with van der Waals surface area (Å²) in [6.45, 7) is 3.00. The zero-order chi connectivity index (χ0) is 17.7. The Bertz CT molecular complexity index is 995. The van der Waals surface area contributed by atoms with Crippen molar-refractivity contribution in [2.45, 2.75) is 45.3 Å². The zero-order valence-corrected chi connectivity index (χ0v) is 15.5. The summed E-state index contributed by atoms with van der Waals surface area (Å²) in [4.78, 5) is 0. The minimum Gasteiger partial charge on any atom is -0.369 e. The molecule has 1 aliphatic carbocycles. The van der Waals surface area contributed by atoms with Crippen LogP contribution in [0.2, 0.25) is 5.02 Å². The minimum atomic E-state index is 0.310. The Morgan fingerprint density at radius 3 is 2.92 bits per heavy atom. The van der Waals surface area contributed by atoms with Crippen molar-refractivity contribution >= 4 is 11.6 Å². The van der Waals surface area contributed by atoms with E-state index in [9.17, 15) is 0 Å². The van der Waals surface area contributed by atoms with E-state index in [-0.39, 0.29) is 0 Å². The molecule has 0 saturated carbocycles. The number of fused-ring (bicyclic) bond motifs is 4. The molecule has 0 spiro atoms. The number of aryl methyl sites for hydroxylation is 2. The highest BCUT2D eigenvalue weighted by atomic mass is 35.5. The van der Waals surface area contributed by atoms with Crippen LogP contribution in [0.25, 0.3) is 5.69 Å². The van der Waals surface area contributed by atoms with Crippen molar-refractivity contribution in [3.05, 3.63) is 75.3 Å². The molecule has 0 saturated heterocycles. The Morgan fingerprint density at radius 1 is 1.12 bits per heavy atom. The second-order valence-electron chi connectivity index (χ2n) is 7.09. The van der Waals surface area contributed by atoms with Gasteiger partial charge in [0.2, 0.25) is 0 Å². The van der Waals surface area contributed by atoms with Crippen molar-refractivity contribution in [2.75, 3.05) is 0 Å². The van der Waals surface area contributed by atoms with Gasteiger partial charge < -0.3 is 4.74 Å².